The van der Waals surface area contributed by atoms with Crippen molar-refractivity contribution in [2.45, 2.75) is 46.7 Å². The minimum atomic E-state index is -0.349. The summed E-state index contributed by atoms with van der Waals surface area (Å²) in [4.78, 5) is 11.4. The number of carbonyl (C=O) groups is 1. The Kier molecular flexibility index (Phi) is 5.41. The normalized spacial score (nSPS) is 12.8. The number of nitrogens with one attached hydrogen (secondary N) is 1. The zero-order chi connectivity index (χ0) is 13.7. The van der Waals surface area contributed by atoms with Gasteiger partial charge in [0.25, 0.3) is 0 Å². The van der Waals surface area contributed by atoms with Crippen LogP contribution in [-0.2, 0) is 11.3 Å². The van der Waals surface area contributed by atoms with Crippen LogP contribution in [-0.4, -0.2) is 19.1 Å². The van der Waals surface area contributed by atoms with Crippen LogP contribution in [0.25, 0.3) is 0 Å². The Balaban J connectivity index is 2.56. The van der Waals surface area contributed by atoms with E-state index in [1.54, 1.807) is 13.0 Å². The molecule has 18 heavy (non-hydrogen) atoms. The summed E-state index contributed by atoms with van der Waals surface area (Å²) < 4.78 is 10.2. The molecule has 0 aliphatic heterocycles. The van der Waals surface area contributed by atoms with Crippen LogP contribution in [0.4, 0.5) is 0 Å². The van der Waals surface area contributed by atoms with E-state index in [-0.39, 0.29) is 5.97 Å². The highest BCUT2D eigenvalue weighted by atomic mass is 16.5. The number of aryl methyl sites for hydroxylation is 1. The van der Waals surface area contributed by atoms with E-state index >= 15 is 0 Å². The van der Waals surface area contributed by atoms with Gasteiger partial charge in [0.2, 0.25) is 0 Å². The third-order valence-corrected chi connectivity index (χ3v) is 2.82. The summed E-state index contributed by atoms with van der Waals surface area (Å²) in [5.74, 6) is 1.69. The lowest BCUT2D eigenvalue weighted by Gasteiger charge is -2.14. The molecule has 1 atom stereocenters. The standard InChI is InChI=1S/C14H23NO3/c1-9(2)6-10(3)15-8-12-7-13(11(4)18-12)14(16)17-5/h7,9-10,15H,6,8H2,1-5H3. The largest absolute Gasteiger partial charge is 0.465 e. The zero-order valence-corrected chi connectivity index (χ0v) is 11.9. The Morgan fingerprint density at radius 3 is 2.67 bits per heavy atom. The predicted octanol–water partition coefficient (Wildman–Crippen LogP) is 2.90. The number of ether oxygens (including phenoxy) is 1. The van der Waals surface area contributed by atoms with E-state index in [0.717, 1.165) is 12.2 Å². The average molecular weight is 253 g/mol. The van der Waals surface area contributed by atoms with Crippen molar-refractivity contribution in [1.82, 2.24) is 5.32 Å². The molecule has 0 bridgehead atoms. The summed E-state index contributed by atoms with van der Waals surface area (Å²) in [5.41, 5.74) is 0.505. The summed E-state index contributed by atoms with van der Waals surface area (Å²) in [7, 11) is 1.37. The Morgan fingerprint density at radius 2 is 2.11 bits per heavy atom. The highest BCUT2D eigenvalue weighted by molar-refractivity contribution is 5.90. The van der Waals surface area contributed by atoms with Gasteiger partial charge in [-0.2, -0.15) is 0 Å². The number of methoxy groups -OCH3 is 1. The number of rotatable bonds is 6. The second kappa shape index (κ2) is 6.59. The quantitative estimate of drug-likeness (QED) is 0.792. The molecule has 1 aromatic heterocycles. The Bertz CT molecular complexity index is 396. The van der Waals surface area contributed by atoms with Gasteiger partial charge in [-0.1, -0.05) is 13.8 Å². The van der Waals surface area contributed by atoms with Gasteiger partial charge in [-0.25, -0.2) is 4.79 Å². The Hall–Kier alpha value is -1.29. The lowest BCUT2D eigenvalue weighted by atomic mass is 10.1. The molecule has 4 heteroatoms. The monoisotopic (exact) mass is 253 g/mol. The van der Waals surface area contributed by atoms with Crippen molar-refractivity contribution in [3.63, 3.8) is 0 Å². The van der Waals surface area contributed by atoms with Gasteiger partial charge in [0.1, 0.15) is 17.1 Å². The molecule has 4 nitrogen and oxygen atoms in total. The van der Waals surface area contributed by atoms with Crippen molar-refractivity contribution >= 4 is 5.97 Å². The fourth-order valence-corrected chi connectivity index (χ4v) is 2.01. The number of hydrogen-bond donors (Lipinski definition) is 1. The topological polar surface area (TPSA) is 51.5 Å². The molecule has 1 heterocycles. The van der Waals surface area contributed by atoms with E-state index in [2.05, 4.69) is 30.8 Å². The van der Waals surface area contributed by atoms with Gasteiger partial charge in [-0.05, 0) is 32.3 Å². The minimum absolute atomic E-state index is 0.349. The minimum Gasteiger partial charge on any atom is -0.465 e. The van der Waals surface area contributed by atoms with Gasteiger partial charge >= 0.3 is 5.97 Å². The SMILES string of the molecule is COC(=O)c1cc(CNC(C)CC(C)C)oc1C. The van der Waals surface area contributed by atoms with Gasteiger partial charge in [-0.3, -0.25) is 0 Å². The summed E-state index contributed by atoms with van der Waals surface area (Å²) in [5, 5.41) is 3.38. The maximum atomic E-state index is 11.4. The summed E-state index contributed by atoms with van der Waals surface area (Å²) in [6, 6.07) is 2.17. The van der Waals surface area contributed by atoms with Gasteiger partial charge in [0.05, 0.1) is 13.7 Å². The molecule has 0 saturated carbocycles. The predicted molar refractivity (Wildman–Crippen MR) is 70.5 cm³/mol. The number of furan rings is 1. The zero-order valence-electron chi connectivity index (χ0n) is 11.9. The van der Waals surface area contributed by atoms with Crippen LogP contribution < -0.4 is 5.32 Å². The molecule has 0 spiro atoms. The number of esters is 1. The van der Waals surface area contributed by atoms with Crippen LogP contribution in [0.15, 0.2) is 10.5 Å². The maximum Gasteiger partial charge on any atom is 0.341 e. The number of carbonyl (C=O) groups excluding carboxylic acids is 1. The molecular weight excluding hydrogens is 230 g/mol. The molecule has 0 saturated heterocycles. The average Bonchev–Trinajstić information content (AvgIpc) is 2.66. The van der Waals surface area contributed by atoms with Crippen LogP contribution in [0.2, 0.25) is 0 Å². The summed E-state index contributed by atoms with van der Waals surface area (Å²) in [6.45, 7) is 8.95. The molecule has 0 aliphatic carbocycles. The van der Waals surface area contributed by atoms with Crippen LogP contribution in [0, 0.1) is 12.8 Å². The highest BCUT2D eigenvalue weighted by Gasteiger charge is 2.15. The fourth-order valence-electron chi connectivity index (χ4n) is 2.01. The first kappa shape index (κ1) is 14.8. The van der Waals surface area contributed by atoms with Crippen LogP contribution in [0.5, 0.6) is 0 Å². The second-order valence-electron chi connectivity index (χ2n) is 5.09. The lowest BCUT2D eigenvalue weighted by Crippen LogP contribution is -2.26. The van der Waals surface area contributed by atoms with Gasteiger partial charge in [-0.15, -0.1) is 0 Å². The molecule has 0 aliphatic rings. The molecule has 0 aromatic carbocycles. The summed E-state index contributed by atoms with van der Waals surface area (Å²) >= 11 is 0. The van der Waals surface area contributed by atoms with Crippen molar-refractivity contribution in [2.75, 3.05) is 7.11 Å². The first-order chi connectivity index (χ1) is 8.43. The number of hydrogen-bond acceptors (Lipinski definition) is 4. The van der Waals surface area contributed by atoms with Crippen LogP contribution >= 0.6 is 0 Å². The van der Waals surface area contributed by atoms with Crippen molar-refractivity contribution in [2.24, 2.45) is 5.92 Å². The third-order valence-electron chi connectivity index (χ3n) is 2.82. The van der Waals surface area contributed by atoms with Crippen molar-refractivity contribution < 1.29 is 13.9 Å². The fraction of sp³-hybridized carbons (Fsp3) is 0.643. The Labute approximate surface area is 109 Å². The van der Waals surface area contributed by atoms with E-state index in [1.807, 2.05) is 0 Å². The third kappa shape index (κ3) is 4.18. The second-order valence-corrected chi connectivity index (χ2v) is 5.09. The Morgan fingerprint density at radius 1 is 1.44 bits per heavy atom. The van der Waals surface area contributed by atoms with E-state index in [9.17, 15) is 4.79 Å². The van der Waals surface area contributed by atoms with Crippen LogP contribution in [0.1, 0.15) is 49.1 Å². The molecule has 1 unspecified atom stereocenters. The molecule has 0 fully saturated rings. The molecule has 0 amide bonds. The van der Waals surface area contributed by atoms with Gasteiger partial charge in [0, 0.05) is 6.04 Å². The smallest absolute Gasteiger partial charge is 0.341 e. The lowest BCUT2D eigenvalue weighted by molar-refractivity contribution is 0.0599. The van der Waals surface area contributed by atoms with Gasteiger partial charge in [0.15, 0.2) is 0 Å². The van der Waals surface area contributed by atoms with E-state index in [0.29, 0.717) is 29.8 Å². The molecule has 1 aromatic rings. The van der Waals surface area contributed by atoms with E-state index in [4.69, 9.17) is 4.42 Å². The molecule has 0 radical (unpaired) electrons. The van der Waals surface area contributed by atoms with E-state index in [1.165, 1.54) is 7.11 Å². The molecule has 1 rings (SSSR count). The first-order valence-corrected chi connectivity index (χ1v) is 6.35. The maximum absolute atomic E-state index is 11.4. The van der Waals surface area contributed by atoms with Crippen molar-refractivity contribution in [3.05, 3.63) is 23.2 Å². The van der Waals surface area contributed by atoms with E-state index < -0.39 is 0 Å². The molecular formula is C14H23NO3. The van der Waals surface area contributed by atoms with Crippen molar-refractivity contribution in [3.8, 4) is 0 Å². The molecule has 102 valence electrons. The summed E-state index contributed by atoms with van der Waals surface area (Å²) in [6.07, 6.45) is 1.11. The van der Waals surface area contributed by atoms with Crippen molar-refractivity contribution in [1.29, 1.82) is 0 Å². The van der Waals surface area contributed by atoms with Crippen LogP contribution in [0.3, 0.4) is 0 Å². The molecule has 1 N–H and O–H groups in total. The van der Waals surface area contributed by atoms with Gasteiger partial charge < -0.3 is 14.5 Å². The first-order valence-electron chi connectivity index (χ1n) is 6.35. The highest BCUT2D eigenvalue weighted by Crippen LogP contribution is 2.16.